The van der Waals surface area contributed by atoms with Crippen molar-refractivity contribution in [2.45, 2.75) is 12.6 Å². The van der Waals surface area contributed by atoms with E-state index in [-0.39, 0.29) is 5.82 Å². The molecule has 0 amide bonds. The van der Waals surface area contributed by atoms with Crippen LogP contribution in [0.5, 0.6) is 0 Å². The van der Waals surface area contributed by atoms with E-state index in [9.17, 15) is 4.39 Å². The van der Waals surface area contributed by atoms with Gasteiger partial charge in [-0.15, -0.1) is 0 Å². The smallest absolute Gasteiger partial charge is 0.128 e. The van der Waals surface area contributed by atoms with Crippen LogP contribution in [0.25, 0.3) is 0 Å². The molecule has 1 fully saturated rings. The Morgan fingerprint density at radius 3 is 2.80 bits per heavy atom. The van der Waals surface area contributed by atoms with Crippen LogP contribution >= 0.6 is 15.9 Å². The van der Waals surface area contributed by atoms with E-state index in [4.69, 9.17) is 0 Å². The summed E-state index contributed by atoms with van der Waals surface area (Å²) in [4.78, 5) is 2.18. The quantitative estimate of drug-likeness (QED) is 0.906. The molecule has 2 nitrogen and oxygen atoms in total. The number of halogens is 2. The van der Waals surface area contributed by atoms with Crippen LogP contribution in [-0.2, 0) is 6.54 Å². The van der Waals surface area contributed by atoms with Crippen molar-refractivity contribution in [3.63, 3.8) is 0 Å². The second-order valence-electron chi connectivity index (χ2n) is 3.96. The maximum absolute atomic E-state index is 13.5. The van der Waals surface area contributed by atoms with Gasteiger partial charge < -0.3 is 5.32 Å². The van der Waals surface area contributed by atoms with Gasteiger partial charge in [-0.3, -0.25) is 4.90 Å². The zero-order chi connectivity index (χ0) is 10.8. The second-order valence-corrected chi connectivity index (χ2v) is 4.88. The zero-order valence-electron chi connectivity index (χ0n) is 8.63. The fourth-order valence-corrected chi connectivity index (χ4v) is 1.97. The van der Waals surface area contributed by atoms with Crippen molar-refractivity contribution in [2.75, 3.05) is 20.1 Å². The van der Waals surface area contributed by atoms with E-state index < -0.39 is 0 Å². The normalized spacial score (nSPS) is 16.8. The van der Waals surface area contributed by atoms with E-state index in [1.165, 1.54) is 6.07 Å². The number of hydrogen-bond acceptors (Lipinski definition) is 2. The van der Waals surface area contributed by atoms with Gasteiger partial charge in [0.15, 0.2) is 0 Å². The monoisotopic (exact) mass is 272 g/mol. The Kier molecular flexibility index (Phi) is 3.38. The van der Waals surface area contributed by atoms with E-state index in [0.717, 1.165) is 23.1 Å². The van der Waals surface area contributed by atoms with Gasteiger partial charge in [-0.05, 0) is 19.2 Å². The highest BCUT2D eigenvalue weighted by molar-refractivity contribution is 9.10. The Morgan fingerprint density at radius 1 is 1.53 bits per heavy atom. The Balaban J connectivity index is 2.03. The van der Waals surface area contributed by atoms with Crippen molar-refractivity contribution in [3.8, 4) is 0 Å². The van der Waals surface area contributed by atoms with Gasteiger partial charge in [-0.1, -0.05) is 22.0 Å². The number of nitrogens with one attached hydrogen (secondary N) is 1. The molecule has 1 aliphatic heterocycles. The first-order chi connectivity index (χ1) is 7.16. The summed E-state index contributed by atoms with van der Waals surface area (Å²) in [6.07, 6.45) is 0. The molecule has 0 atom stereocenters. The Labute approximate surface area is 97.6 Å². The van der Waals surface area contributed by atoms with E-state index in [0.29, 0.717) is 12.6 Å². The molecule has 2 rings (SSSR count). The standard InChI is InChI=1S/C11H14BrFN2/c1-15(10-5-14-6-10)7-8-2-3-9(12)4-11(8)13/h2-4,10,14H,5-7H2,1H3. The van der Waals surface area contributed by atoms with Gasteiger partial charge in [0.2, 0.25) is 0 Å². The first-order valence-corrected chi connectivity index (χ1v) is 5.81. The average Bonchev–Trinajstić information content (AvgIpc) is 2.07. The van der Waals surface area contributed by atoms with Gasteiger partial charge in [0, 0.05) is 35.7 Å². The Bertz CT molecular complexity index is 352. The maximum Gasteiger partial charge on any atom is 0.128 e. The fraction of sp³-hybridized carbons (Fsp3) is 0.455. The molecule has 1 aliphatic rings. The third-order valence-corrected chi connectivity index (χ3v) is 3.31. The van der Waals surface area contributed by atoms with Gasteiger partial charge >= 0.3 is 0 Å². The molecule has 0 unspecified atom stereocenters. The first kappa shape index (κ1) is 11.0. The first-order valence-electron chi connectivity index (χ1n) is 5.01. The van der Waals surface area contributed by atoms with Crippen molar-refractivity contribution >= 4 is 15.9 Å². The molecule has 0 spiro atoms. The van der Waals surface area contributed by atoms with Gasteiger partial charge in [0.1, 0.15) is 5.82 Å². The van der Waals surface area contributed by atoms with Crippen molar-refractivity contribution < 1.29 is 4.39 Å². The molecule has 1 N–H and O–H groups in total. The van der Waals surface area contributed by atoms with Gasteiger partial charge in [0.05, 0.1) is 0 Å². The molecule has 1 saturated heterocycles. The molecule has 15 heavy (non-hydrogen) atoms. The number of likely N-dealkylation sites (N-methyl/N-ethyl adjacent to an activating group) is 1. The molecule has 4 heteroatoms. The summed E-state index contributed by atoms with van der Waals surface area (Å²) in [6, 6.07) is 5.78. The summed E-state index contributed by atoms with van der Waals surface area (Å²) in [7, 11) is 2.03. The van der Waals surface area contributed by atoms with E-state index in [1.807, 2.05) is 19.2 Å². The lowest BCUT2D eigenvalue weighted by atomic mass is 10.1. The van der Waals surface area contributed by atoms with Crippen LogP contribution in [0.15, 0.2) is 22.7 Å². The van der Waals surface area contributed by atoms with Crippen LogP contribution < -0.4 is 5.32 Å². The van der Waals surface area contributed by atoms with Crippen LogP contribution in [0.3, 0.4) is 0 Å². The zero-order valence-corrected chi connectivity index (χ0v) is 10.2. The minimum Gasteiger partial charge on any atom is -0.314 e. The molecule has 0 aromatic heterocycles. The van der Waals surface area contributed by atoms with Gasteiger partial charge in [0.25, 0.3) is 0 Å². The molecule has 0 aliphatic carbocycles. The summed E-state index contributed by atoms with van der Waals surface area (Å²) < 4.78 is 14.3. The summed E-state index contributed by atoms with van der Waals surface area (Å²) in [6.45, 7) is 2.69. The third kappa shape index (κ3) is 2.56. The number of benzene rings is 1. The average molecular weight is 273 g/mol. The van der Waals surface area contributed by atoms with Crippen LogP contribution in [0.1, 0.15) is 5.56 Å². The van der Waals surface area contributed by atoms with Crippen molar-refractivity contribution in [1.82, 2.24) is 10.2 Å². The molecule has 0 bridgehead atoms. The largest absolute Gasteiger partial charge is 0.314 e. The predicted molar refractivity (Wildman–Crippen MR) is 62.2 cm³/mol. The third-order valence-electron chi connectivity index (χ3n) is 2.82. The maximum atomic E-state index is 13.5. The minimum absolute atomic E-state index is 0.136. The number of hydrogen-bond donors (Lipinski definition) is 1. The highest BCUT2D eigenvalue weighted by atomic mass is 79.9. The Morgan fingerprint density at radius 2 is 2.27 bits per heavy atom. The van der Waals surface area contributed by atoms with Crippen LogP contribution in [0.4, 0.5) is 4.39 Å². The van der Waals surface area contributed by atoms with Gasteiger partial charge in [-0.25, -0.2) is 4.39 Å². The van der Waals surface area contributed by atoms with E-state index in [1.54, 1.807) is 0 Å². The lowest BCUT2D eigenvalue weighted by Gasteiger charge is -2.35. The predicted octanol–water partition coefficient (Wildman–Crippen LogP) is 1.99. The lowest BCUT2D eigenvalue weighted by molar-refractivity contribution is 0.171. The summed E-state index contributed by atoms with van der Waals surface area (Å²) >= 11 is 3.25. The molecular weight excluding hydrogens is 259 g/mol. The SMILES string of the molecule is CN(Cc1ccc(Br)cc1F)C1CNC1. The highest BCUT2D eigenvalue weighted by Gasteiger charge is 2.21. The molecule has 1 aromatic carbocycles. The van der Waals surface area contributed by atoms with Crippen molar-refractivity contribution in [1.29, 1.82) is 0 Å². The van der Waals surface area contributed by atoms with Crippen molar-refractivity contribution in [2.24, 2.45) is 0 Å². The number of nitrogens with zero attached hydrogens (tertiary/aromatic N) is 1. The molecule has 0 radical (unpaired) electrons. The molecule has 1 heterocycles. The highest BCUT2D eigenvalue weighted by Crippen LogP contribution is 2.17. The van der Waals surface area contributed by atoms with E-state index >= 15 is 0 Å². The summed E-state index contributed by atoms with van der Waals surface area (Å²) in [5.74, 6) is -0.136. The molecule has 82 valence electrons. The summed E-state index contributed by atoms with van der Waals surface area (Å²) in [5.41, 5.74) is 0.757. The summed E-state index contributed by atoms with van der Waals surface area (Å²) in [5, 5.41) is 3.21. The molecular formula is C11H14BrFN2. The Hall–Kier alpha value is -0.450. The molecule has 1 aromatic rings. The molecule has 0 saturated carbocycles. The van der Waals surface area contributed by atoms with Gasteiger partial charge in [-0.2, -0.15) is 0 Å². The van der Waals surface area contributed by atoms with Crippen molar-refractivity contribution in [3.05, 3.63) is 34.1 Å². The van der Waals surface area contributed by atoms with Crippen LogP contribution in [-0.4, -0.2) is 31.1 Å². The topological polar surface area (TPSA) is 15.3 Å². The fourth-order valence-electron chi connectivity index (χ4n) is 1.63. The second kappa shape index (κ2) is 4.60. The minimum atomic E-state index is -0.136. The lowest BCUT2D eigenvalue weighted by Crippen LogP contribution is -2.55. The van der Waals surface area contributed by atoms with Crippen LogP contribution in [0.2, 0.25) is 0 Å². The van der Waals surface area contributed by atoms with Crippen LogP contribution in [0, 0.1) is 5.82 Å². The van der Waals surface area contributed by atoms with E-state index in [2.05, 4.69) is 26.1 Å². The number of rotatable bonds is 3.